The maximum Gasteiger partial charge on any atom is 0.135 e. The van der Waals surface area contributed by atoms with Crippen molar-refractivity contribution in [1.82, 2.24) is 0 Å². The zero-order valence-electron chi connectivity index (χ0n) is 37.4. The summed E-state index contributed by atoms with van der Waals surface area (Å²) in [6.45, 7) is 19.4. The topological polar surface area (TPSA) is 21.7 Å². The minimum absolute atomic E-state index is 0.235. The zero-order chi connectivity index (χ0) is 43.2. The molecule has 2 aliphatic heterocycles. The molecule has 0 aromatic heterocycles. The first kappa shape index (κ1) is 38.3. The number of anilines is 3. The number of rotatable bonds is 4. The fourth-order valence-corrected chi connectivity index (χ4v) is 17.2. The largest absolute Gasteiger partial charge is 0.457 e. The first-order valence-corrected chi connectivity index (χ1v) is 28.4. The van der Waals surface area contributed by atoms with Crippen LogP contribution in [0.1, 0.15) is 49.9 Å². The van der Waals surface area contributed by atoms with E-state index in [0.29, 0.717) is 0 Å². The molecule has 0 radical (unpaired) electrons. The zero-order valence-corrected chi connectivity index (χ0v) is 39.4. The van der Waals surface area contributed by atoms with Gasteiger partial charge in [-0.2, -0.15) is 0 Å². The smallest absolute Gasteiger partial charge is 0.135 e. The molecule has 8 aromatic carbocycles. The Labute approximate surface area is 373 Å². The Bertz CT molecular complexity index is 3060. The molecule has 0 atom stereocenters. The SMILES string of the molecule is CC1(C)c2cc(N(c3ccc(-c4ccccc4)cc3)c3ccc4c(c3)C(C)(C)c3ccc5c(c3-4)Oc3ccccc3[Si]5(C)C)ccc2-c2c1ccc1c2Oc2ccccc2[Si]1(C)C. The van der Waals surface area contributed by atoms with Gasteiger partial charge in [-0.25, -0.2) is 0 Å². The van der Waals surface area contributed by atoms with E-state index in [1.807, 2.05) is 0 Å². The summed E-state index contributed by atoms with van der Waals surface area (Å²) in [6, 6.07) is 60.9. The van der Waals surface area contributed by atoms with Crippen LogP contribution in [0.25, 0.3) is 33.4 Å². The lowest BCUT2D eigenvalue weighted by molar-refractivity contribution is 0.487. The van der Waals surface area contributed by atoms with Gasteiger partial charge in [0.15, 0.2) is 0 Å². The molecule has 2 heterocycles. The third-order valence-electron chi connectivity index (χ3n) is 15.2. The van der Waals surface area contributed by atoms with Gasteiger partial charge in [0.05, 0.1) is 0 Å². The number of hydrogen-bond acceptors (Lipinski definition) is 3. The molecule has 0 spiro atoms. The van der Waals surface area contributed by atoms with E-state index < -0.39 is 16.1 Å². The molecule has 0 saturated heterocycles. The van der Waals surface area contributed by atoms with E-state index in [2.05, 4.69) is 223 Å². The minimum Gasteiger partial charge on any atom is -0.457 e. The number of hydrogen-bond donors (Lipinski definition) is 0. The second-order valence-corrected chi connectivity index (χ2v) is 28.8. The number of fused-ring (bicyclic) bond motifs is 12. The summed E-state index contributed by atoms with van der Waals surface area (Å²) >= 11 is 0. The van der Waals surface area contributed by atoms with E-state index in [0.717, 1.165) is 40.1 Å². The highest BCUT2D eigenvalue weighted by molar-refractivity contribution is 7.02. The maximum absolute atomic E-state index is 6.94. The second-order valence-electron chi connectivity index (χ2n) is 20.1. The normalized spacial score (nSPS) is 16.7. The van der Waals surface area contributed by atoms with Crippen LogP contribution in [-0.2, 0) is 10.8 Å². The average molecular weight is 850 g/mol. The Kier molecular flexibility index (Phi) is 7.94. The van der Waals surface area contributed by atoms with Gasteiger partial charge >= 0.3 is 0 Å². The molecular weight excluding hydrogens is 799 g/mol. The average Bonchev–Trinajstić information content (AvgIpc) is 3.66. The molecule has 4 aliphatic rings. The van der Waals surface area contributed by atoms with Crippen molar-refractivity contribution in [2.24, 2.45) is 0 Å². The van der Waals surface area contributed by atoms with Gasteiger partial charge in [0.1, 0.15) is 39.1 Å². The lowest BCUT2D eigenvalue weighted by Gasteiger charge is -2.34. The van der Waals surface area contributed by atoms with Gasteiger partial charge in [0.25, 0.3) is 0 Å². The number of para-hydroxylation sites is 2. The van der Waals surface area contributed by atoms with Crippen molar-refractivity contribution in [2.45, 2.75) is 64.7 Å². The fourth-order valence-electron chi connectivity index (χ4n) is 11.6. The lowest BCUT2D eigenvalue weighted by atomic mass is 9.82. The van der Waals surface area contributed by atoms with E-state index in [1.165, 1.54) is 76.4 Å². The van der Waals surface area contributed by atoms with Crippen LogP contribution in [0, 0.1) is 0 Å². The van der Waals surface area contributed by atoms with Crippen LogP contribution in [0.3, 0.4) is 0 Å². The van der Waals surface area contributed by atoms with Gasteiger partial charge in [0, 0.05) is 39.0 Å². The summed E-state index contributed by atoms with van der Waals surface area (Å²) in [4.78, 5) is 2.46. The molecule has 8 aromatic rings. The van der Waals surface area contributed by atoms with Gasteiger partial charge in [-0.3, -0.25) is 0 Å². The number of ether oxygens (including phenoxy) is 2. The predicted molar refractivity (Wildman–Crippen MR) is 268 cm³/mol. The molecule has 0 bridgehead atoms. The van der Waals surface area contributed by atoms with Crippen molar-refractivity contribution < 1.29 is 9.47 Å². The highest BCUT2D eigenvalue weighted by Crippen LogP contribution is 2.57. The van der Waals surface area contributed by atoms with Crippen molar-refractivity contribution in [3.05, 3.63) is 186 Å². The van der Waals surface area contributed by atoms with E-state index in [9.17, 15) is 0 Å². The molecular formula is C58H51NO2Si2. The fraction of sp³-hybridized carbons (Fsp3) is 0.172. The van der Waals surface area contributed by atoms with Gasteiger partial charge in [-0.05, 0) is 114 Å². The quantitative estimate of drug-likeness (QED) is 0.165. The summed E-state index contributed by atoms with van der Waals surface area (Å²) in [5.41, 5.74) is 15.7. The maximum atomic E-state index is 6.94. The first-order valence-electron chi connectivity index (χ1n) is 22.4. The van der Waals surface area contributed by atoms with E-state index >= 15 is 0 Å². The molecule has 0 amide bonds. The summed E-state index contributed by atoms with van der Waals surface area (Å²) in [6.07, 6.45) is 0. The van der Waals surface area contributed by atoms with E-state index in [1.54, 1.807) is 0 Å². The van der Waals surface area contributed by atoms with Crippen LogP contribution >= 0.6 is 0 Å². The second kappa shape index (κ2) is 13.1. The summed E-state index contributed by atoms with van der Waals surface area (Å²) < 4.78 is 13.9. The Morgan fingerprint density at radius 1 is 0.381 bits per heavy atom. The Morgan fingerprint density at radius 3 is 1.27 bits per heavy atom. The molecule has 3 nitrogen and oxygen atoms in total. The van der Waals surface area contributed by atoms with Crippen LogP contribution in [0.4, 0.5) is 17.1 Å². The standard InChI is InChI=1S/C58H51NO2Si2/c1-57(2)43-30-32-51-55(60-47-18-12-14-20-49(47)62(51,5)6)53(43)41-28-26-39(34-45(41)57)59(38-24-22-37(23-25-38)36-16-10-9-11-17-36)40-27-29-42-46(35-40)58(3,4)44-31-33-52-56(54(42)44)61-48-19-13-15-21-50(48)63(52,7)8/h9-35H,1-8H3. The van der Waals surface area contributed by atoms with Crippen LogP contribution < -0.4 is 35.1 Å². The Balaban J connectivity index is 1.02. The van der Waals surface area contributed by atoms with Crippen LogP contribution in [-0.4, -0.2) is 16.1 Å². The highest BCUT2D eigenvalue weighted by atomic mass is 28.3. The van der Waals surface area contributed by atoms with Crippen molar-refractivity contribution >= 4 is 54.0 Å². The van der Waals surface area contributed by atoms with Crippen LogP contribution in [0.15, 0.2) is 164 Å². The Morgan fingerprint density at radius 2 is 0.794 bits per heavy atom. The van der Waals surface area contributed by atoms with E-state index in [4.69, 9.17) is 9.47 Å². The highest BCUT2D eigenvalue weighted by Gasteiger charge is 2.46. The summed E-state index contributed by atoms with van der Waals surface area (Å²) in [5.74, 6) is 4.12. The minimum atomic E-state index is -2.00. The molecule has 12 rings (SSSR count). The first-order chi connectivity index (χ1) is 30.3. The number of benzene rings is 8. The molecule has 0 fully saturated rings. The van der Waals surface area contributed by atoms with Gasteiger partial charge in [-0.15, -0.1) is 0 Å². The van der Waals surface area contributed by atoms with E-state index in [-0.39, 0.29) is 10.8 Å². The lowest BCUT2D eigenvalue weighted by Crippen LogP contribution is -2.56. The molecule has 2 aliphatic carbocycles. The van der Waals surface area contributed by atoms with Crippen molar-refractivity contribution in [3.8, 4) is 56.4 Å². The van der Waals surface area contributed by atoms with Crippen molar-refractivity contribution in [2.75, 3.05) is 4.90 Å². The Hall–Kier alpha value is -6.41. The van der Waals surface area contributed by atoms with Crippen molar-refractivity contribution in [1.29, 1.82) is 0 Å². The molecule has 0 saturated carbocycles. The summed E-state index contributed by atoms with van der Waals surface area (Å²) in [7, 11) is -4.01. The van der Waals surface area contributed by atoms with Crippen LogP contribution in [0.5, 0.6) is 23.0 Å². The van der Waals surface area contributed by atoms with Crippen LogP contribution in [0.2, 0.25) is 26.2 Å². The van der Waals surface area contributed by atoms with Gasteiger partial charge in [-0.1, -0.05) is 169 Å². The monoisotopic (exact) mass is 849 g/mol. The summed E-state index contributed by atoms with van der Waals surface area (Å²) in [5, 5.41) is 5.47. The third-order valence-corrected chi connectivity index (χ3v) is 22.2. The molecule has 5 heteroatoms. The third kappa shape index (κ3) is 5.30. The molecule has 0 unspecified atom stereocenters. The molecule has 0 N–H and O–H groups in total. The number of nitrogens with zero attached hydrogens (tertiary/aromatic N) is 1. The van der Waals surface area contributed by atoms with Gasteiger partial charge in [0.2, 0.25) is 0 Å². The van der Waals surface area contributed by atoms with Crippen molar-refractivity contribution in [3.63, 3.8) is 0 Å². The van der Waals surface area contributed by atoms with Gasteiger partial charge < -0.3 is 14.4 Å². The molecule has 308 valence electrons. The predicted octanol–water partition coefficient (Wildman–Crippen LogP) is 13.3. The molecule has 63 heavy (non-hydrogen) atoms.